The van der Waals surface area contributed by atoms with Crippen molar-refractivity contribution in [2.45, 2.75) is 83.5 Å². The van der Waals surface area contributed by atoms with Gasteiger partial charge in [-0.3, -0.25) is 0 Å². The average Bonchev–Trinajstić information content (AvgIpc) is 2.61. The van der Waals surface area contributed by atoms with Crippen LogP contribution < -0.4 is 0 Å². The molecule has 1 nitrogen and oxygen atoms in total. The molecule has 4 aliphatic carbocycles. The van der Waals surface area contributed by atoms with Gasteiger partial charge in [0.25, 0.3) is 0 Å². The van der Waals surface area contributed by atoms with E-state index in [9.17, 15) is 4.79 Å². The number of carbonyl (C=O) groups excluding carboxylic acids is 1. The van der Waals surface area contributed by atoms with Crippen LogP contribution in [0.3, 0.4) is 0 Å². The fraction of sp³-hybridized carbons (Fsp3) is 0.857. The number of allylic oxidation sites excluding steroid dienone is 2. The van der Waals surface area contributed by atoms with Gasteiger partial charge in [-0.1, -0.05) is 36.8 Å². The Morgan fingerprint density at radius 3 is 2.23 bits per heavy atom. The topological polar surface area (TPSA) is 17.1 Å². The molecule has 0 saturated heterocycles. The van der Waals surface area contributed by atoms with E-state index in [0.29, 0.717) is 11.8 Å². The van der Waals surface area contributed by atoms with Gasteiger partial charge in [0.2, 0.25) is 0 Å². The predicted octanol–water partition coefficient (Wildman–Crippen LogP) is 5.69. The van der Waals surface area contributed by atoms with E-state index in [1.54, 1.807) is 0 Å². The first kappa shape index (κ1) is 15.0. The summed E-state index contributed by atoms with van der Waals surface area (Å²) < 4.78 is 0. The Kier molecular flexibility index (Phi) is 4.42. The SMILES string of the molecule is O=CC1CCCCC1C1CC2CCCCC2C2=C1CCCC2. The minimum atomic E-state index is 0.370. The summed E-state index contributed by atoms with van der Waals surface area (Å²) in [5, 5.41) is 0. The highest BCUT2D eigenvalue weighted by Crippen LogP contribution is 2.54. The summed E-state index contributed by atoms with van der Waals surface area (Å²) in [6.07, 6.45) is 19.3. The molecule has 4 aliphatic rings. The van der Waals surface area contributed by atoms with Gasteiger partial charge in [0, 0.05) is 5.92 Å². The molecule has 0 bridgehead atoms. The van der Waals surface area contributed by atoms with Crippen molar-refractivity contribution >= 4 is 6.29 Å². The lowest BCUT2D eigenvalue weighted by Gasteiger charge is -2.48. The normalized spacial score (nSPS) is 42.5. The molecule has 5 unspecified atom stereocenters. The number of fused-ring (bicyclic) bond motifs is 2. The molecule has 0 aromatic rings. The third-order valence-electron chi connectivity index (χ3n) is 7.48. The third kappa shape index (κ3) is 2.59. The molecule has 5 atom stereocenters. The molecule has 2 fully saturated rings. The van der Waals surface area contributed by atoms with Crippen LogP contribution in [0.25, 0.3) is 0 Å². The van der Waals surface area contributed by atoms with Crippen LogP contribution in [0.5, 0.6) is 0 Å². The van der Waals surface area contributed by atoms with E-state index in [-0.39, 0.29) is 0 Å². The molecule has 2 saturated carbocycles. The molecule has 4 rings (SSSR count). The van der Waals surface area contributed by atoms with Crippen LogP contribution in [0.2, 0.25) is 0 Å². The minimum absolute atomic E-state index is 0.370. The van der Waals surface area contributed by atoms with Crippen molar-refractivity contribution in [2.24, 2.45) is 29.6 Å². The van der Waals surface area contributed by atoms with Gasteiger partial charge >= 0.3 is 0 Å². The van der Waals surface area contributed by atoms with Gasteiger partial charge in [-0.15, -0.1) is 0 Å². The van der Waals surface area contributed by atoms with Crippen LogP contribution in [0, 0.1) is 29.6 Å². The van der Waals surface area contributed by atoms with Crippen LogP contribution in [-0.4, -0.2) is 6.29 Å². The van der Waals surface area contributed by atoms with Crippen LogP contribution in [0.15, 0.2) is 11.1 Å². The molecule has 0 heterocycles. The van der Waals surface area contributed by atoms with Gasteiger partial charge < -0.3 is 4.79 Å². The molecule has 0 radical (unpaired) electrons. The van der Waals surface area contributed by atoms with E-state index in [2.05, 4.69) is 0 Å². The van der Waals surface area contributed by atoms with E-state index >= 15 is 0 Å². The van der Waals surface area contributed by atoms with E-state index in [0.717, 1.165) is 17.8 Å². The van der Waals surface area contributed by atoms with E-state index in [1.165, 1.54) is 89.8 Å². The molecule has 0 aromatic heterocycles. The largest absolute Gasteiger partial charge is 0.303 e. The minimum Gasteiger partial charge on any atom is -0.303 e. The molecule has 0 spiro atoms. The summed E-state index contributed by atoms with van der Waals surface area (Å²) >= 11 is 0. The molecular weight excluding hydrogens is 268 g/mol. The van der Waals surface area contributed by atoms with Crippen molar-refractivity contribution in [3.8, 4) is 0 Å². The Balaban J connectivity index is 1.66. The molecule has 0 aromatic carbocycles. The van der Waals surface area contributed by atoms with Crippen molar-refractivity contribution < 1.29 is 4.79 Å². The quantitative estimate of drug-likeness (QED) is 0.473. The van der Waals surface area contributed by atoms with E-state index < -0.39 is 0 Å². The highest BCUT2D eigenvalue weighted by atomic mass is 16.1. The molecule has 122 valence electrons. The van der Waals surface area contributed by atoms with Crippen LogP contribution in [-0.2, 0) is 4.79 Å². The fourth-order valence-electron chi connectivity index (χ4n) is 6.51. The first-order chi connectivity index (χ1) is 10.9. The summed E-state index contributed by atoms with van der Waals surface area (Å²) in [5.41, 5.74) is 3.77. The van der Waals surface area contributed by atoms with Crippen LogP contribution >= 0.6 is 0 Å². The zero-order chi connectivity index (χ0) is 14.9. The zero-order valence-corrected chi connectivity index (χ0v) is 14.1. The average molecular weight is 300 g/mol. The predicted molar refractivity (Wildman–Crippen MR) is 90.6 cm³/mol. The maximum Gasteiger partial charge on any atom is 0.123 e. The van der Waals surface area contributed by atoms with Crippen molar-refractivity contribution in [1.29, 1.82) is 0 Å². The highest BCUT2D eigenvalue weighted by molar-refractivity contribution is 5.54. The first-order valence-electron chi connectivity index (χ1n) is 10.1. The molecule has 0 amide bonds. The van der Waals surface area contributed by atoms with E-state index in [1.807, 2.05) is 11.1 Å². The summed E-state index contributed by atoms with van der Waals surface area (Å²) in [7, 11) is 0. The molecule has 0 aliphatic heterocycles. The van der Waals surface area contributed by atoms with Gasteiger partial charge in [-0.2, -0.15) is 0 Å². The maximum absolute atomic E-state index is 11.6. The number of carbonyl (C=O) groups is 1. The Morgan fingerprint density at radius 2 is 1.41 bits per heavy atom. The van der Waals surface area contributed by atoms with Gasteiger partial charge in [0.05, 0.1) is 0 Å². The Bertz CT molecular complexity index is 449. The number of aldehydes is 1. The smallest absolute Gasteiger partial charge is 0.123 e. The van der Waals surface area contributed by atoms with E-state index in [4.69, 9.17) is 0 Å². The fourth-order valence-corrected chi connectivity index (χ4v) is 6.51. The second-order valence-electron chi connectivity index (χ2n) is 8.50. The summed E-state index contributed by atoms with van der Waals surface area (Å²) in [6.45, 7) is 0. The summed E-state index contributed by atoms with van der Waals surface area (Å²) in [5.74, 6) is 3.75. The van der Waals surface area contributed by atoms with Gasteiger partial charge in [-0.05, 0) is 81.5 Å². The van der Waals surface area contributed by atoms with Crippen LogP contribution in [0.1, 0.15) is 83.5 Å². The zero-order valence-electron chi connectivity index (χ0n) is 14.1. The van der Waals surface area contributed by atoms with Crippen molar-refractivity contribution in [3.05, 3.63) is 11.1 Å². The molecule has 22 heavy (non-hydrogen) atoms. The van der Waals surface area contributed by atoms with Gasteiger partial charge in [-0.25, -0.2) is 0 Å². The van der Waals surface area contributed by atoms with Crippen LogP contribution in [0.4, 0.5) is 0 Å². The standard InChI is InChI=1S/C21H32O/c22-14-16-8-2-4-10-18(16)21-13-15-7-1-3-9-17(15)19-11-5-6-12-20(19)21/h14-18,21H,1-13H2. The molecular formula is C21H32O. The maximum atomic E-state index is 11.6. The van der Waals surface area contributed by atoms with Crippen molar-refractivity contribution in [3.63, 3.8) is 0 Å². The number of hydrogen-bond donors (Lipinski definition) is 0. The van der Waals surface area contributed by atoms with Gasteiger partial charge in [0.15, 0.2) is 0 Å². The Hall–Kier alpha value is -0.590. The lowest BCUT2D eigenvalue weighted by atomic mass is 9.57. The number of hydrogen-bond acceptors (Lipinski definition) is 1. The lowest BCUT2D eigenvalue weighted by molar-refractivity contribution is -0.114. The van der Waals surface area contributed by atoms with Gasteiger partial charge in [0.1, 0.15) is 6.29 Å². The lowest BCUT2D eigenvalue weighted by Crippen LogP contribution is -2.38. The summed E-state index contributed by atoms with van der Waals surface area (Å²) in [6, 6.07) is 0. The summed E-state index contributed by atoms with van der Waals surface area (Å²) in [4.78, 5) is 11.6. The first-order valence-corrected chi connectivity index (χ1v) is 10.1. The van der Waals surface area contributed by atoms with Crippen molar-refractivity contribution in [1.82, 2.24) is 0 Å². The van der Waals surface area contributed by atoms with Crippen molar-refractivity contribution in [2.75, 3.05) is 0 Å². The Morgan fingerprint density at radius 1 is 0.727 bits per heavy atom. The Labute approximate surface area is 135 Å². The second kappa shape index (κ2) is 6.49. The monoisotopic (exact) mass is 300 g/mol. The second-order valence-corrected chi connectivity index (χ2v) is 8.50. The third-order valence-corrected chi connectivity index (χ3v) is 7.48. The number of rotatable bonds is 2. The molecule has 0 N–H and O–H groups in total. The molecule has 1 heteroatoms. The highest BCUT2D eigenvalue weighted by Gasteiger charge is 2.43.